The lowest BCUT2D eigenvalue weighted by atomic mass is 10.3. The van der Waals surface area contributed by atoms with Gasteiger partial charge in [0.1, 0.15) is 0 Å². The summed E-state index contributed by atoms with van der Waals surface area (Å²) in [6, 6.07) is 1.75. The van der Waals surface area contributed by atoms with Crippen molar-refractivity contribution in [1.82, 2.24) is 19.3 Å². The summed E-state index contributed by atoms with van der Waals surface area (Å²) in [5.74, 6) is 0. The van der Waals surface area contributed by atoms with Crippen molar-refractivity contribution >= 4 is 15.9 Å². The third kappa shape index (κ3) is 2.38. The molecule has 96 valence electrons. The van der Waals surface area contributed by atoms with Crippen LogP contribution in [0, 0.1) is 0 Å². The molecule has 0 atom stereocenters. The second-order valence-electron chi connectivity index (χ2n) is 3.91. The minimum absolute atomic E-state index is 0.244. The summed E-state index contributed by atoms with van der Waals surface area (Å²) in [6.45, 7) is 5.36. The molecule has 6 heteroatoms. The van der Waals surface area contributed by atoms with Crippen molar-refractivity contribution in [3.8, 4) is 0 Å². The van der Waals surface area contributed by atoms with Gasteiger partial charge in [0.15, 0.2) is 0 Å². The average Bonchev–Trinajstić information content (AvgIpc) is 2.69. The molecule has 5 nitrogen and oxygen atoms in total. The van der Waals surface area contributed by atoms with Crippen LogP contribution in [0.5, 0.6) is 0 Å². The van der Waals surface area contributed by atoms with E-state index in [4.69, 9.17) is 0 Å². The summed E-state index contributed by atoms with van der Waals surface area (Å²) in [6.07, 6.45) is 4.10. The third-order valence-corrected chi connectivity index (χ3v) is 3.71. The Balaban J connectivity index is 2.43. The van der Waals surface area contributed by atoms with Crippen LogP contribution in [0.4, 0.5) is 0 Å². The summed E-state index contributed by atoms with van der Waals surface area (Å²) in [4.78, 5) is 15.4. The first-order valence-corrected chi connectivity index (χ1v) is 6.72. The summed E-state index contributed by atoms with van der Waals surface area (Å²) in [7, 11) is 0. The molecule has 0 fully saturated rings. The van der Waals surface area contributed by atoms with Crippen LogP contribution >= 0.6 is 15.9 Å². The first-order chi connectivity index (χ1) is 8.67. The van der Waals surface area contributed by atoms with Gasteiger partial charge in [-0.25, -0.2) is 9.78 Å². The average molecular weight is 311 g/mol. The maximum atomic E-state index is 11.6. The molecule has 2 heterocycles. The van der Waals surface area contributed by atoms with E-state index in [2.05, 4.69) is 32.9 Å². The fraction of sp³-hybridized carbons (Fsp3) is 0.417. The molecule has 0 saturated carbocycles. The monoisotopic (exact) mass is 310 g/mol. The quantitative estimate of drug-likeness (QED) is 0.865. The molecule has 0 aliphatic rings. The van der Waals surface area contributed by atoms with Gasteiger partial charge in [-0.2, -0.15) is 5.10 Å². The van der Waals surface area contributed by atoms with E-state index in [0.717, 1.165) is 28.8 Å². The molecule has 0 unspecified atom stereocenters. The normalized spacial score (nSPS) is 10.8. The third-order valence-electron chi connectivity index (χ3n) is 2.80. The van der Waals surface area contributed by atoms with E-state index in [9.17, 15) is 4.79 Å². The highest BCUT2D eigenvalue weighted by atomic mass is 79.9. The van der Waals surface area contributed by atoms with Crippen molar-refractivity contribution in [2.75, 3.05) is 0 Å². The molecule has 0 aromatic carbocycles. The van der Waals surface area contributed by atoms with Crippen molar-refractivity contribution in [3.05, 3.63) is 44.8 Å². The highest BCUT2D eigenvalue weighted by molar-refractivity contribution is 9.10. The van der Waals surface area contributed by atoms with Gasteiger partial charge < -0.3 is 0 Å². The molecule has 0 bridgehead atoms. The van der Waals surface area contributed by atoms with Crippen molar-refractivity contribution in [3.63, 3.8) is 0 Å². The van der Waals surface area contributed by atoms with Gasteiger partial charge in [0.25, 0.3) is 0 Å². The Morgan fingerprint density at radius 1 is 1.39 bits per heavy atom. The lowest BCUT2D eigenvalue weighted by Crippen LogP contribution is -2.23. The highest BCUT2D eigenvalue weighted by Crippen LogP contribution is 2.22. The van der Waals surface area contributed by atoms with Gasteiger partial charge in [0.05, 0.1) is 22.4 Å². The van der Waals surface area contributed by atoms with Crippen LogP contribution in [0.2, 0.25) is 0 Å². The molecule has 0 N–H and O–H groups in total. The fourth-order valence-corrected chi connectivity index (χ4v) is 2.53. The predicted molar refractivity (Wildman–Crippen MR) is 72.6 cm³/mol. The van der Waals surface area contributed by atoms with Crippen LogP contribution in [0.25, 0.3) is 0 Å². The Morgan fingerprint density at radius 3 is 2.78 bits per heavy atom. The summed E-state index contributed by atoms with van der Waals surface area (Å²) in [5, 5.41) is 4.51. The molecule has 0 aliphatic heterocycles. The maximum Gasteiger partial charge on any atom is 0.347 e. The summed E-state index contributed by atoms with van der Waals surface area (Å²) >= 11 is 3.57. The van der Waals surface area contributed by atoms with E-state index in [1.807, 2.05) is 11.6 Å². The maximum absolute atomic E-state index is 11.6. The van der Waals surface area contributed by atoms with Crippen molar-refractivity contribution in [2.24, 2.45) is 0 Å². The first-order valence-electron chi connectivity index (χ1n) is 5.92. The molecular formula is C12H15BrN4O. The zero-order chi connectivity index (χ0) is 13.1. The molecule has 18 heavy (non-hydrogen) atoms. The number of halogens is 1. The number of nitrogens with zero attached hydrogens (tertiary/aromatic N) is 4. The van der Waals surface area contributed by atoms with Gasteiger partial charge in [-0.3, -0.25) is 9.25 Å². The Hall–Kier alpha value is -1.43. The number of aryl methyl sites for hydroxylation is 2. The smallest absolute Gasteiger partial charge is 0.293 e. The van der Waals surface area contributed by atoms with Crippen LogP contribution in [0.3, 0.4) is 0 Å². The van der Waals surface area contributed by atoms with E-state index in [1.54, 1.807) is 16.8 Å². The van der Waals surface area contributed by atoms with Gasteiger partial charge in [-0.1, -0.05) is 6.92 Å². The number of hydrogen-bond donors (Lipinski definition) is 0. The Kier molecular flexibility index (Phi) is 3.96. The lowest BCUT2D eigenvalue weighted by molar-refractivity contribution is 0.584. The summed E-state index contributed by atoms with van der Waals surface area (Å²) in [5.41, 5.74) is 1.78. The van der Waals surface area contributed by atoms with Crippen LogP contribution in [-0.2, 0) is 19.5 Å². The van der Waals surface area contributed by atoms with Crippen LogP contribution in [0.15, 0.2) is 27.7 Å². The molecule has 0 saturated heterocycles. The van der Waals surface area contributed by atoms with E-state index in [-0.39, 0.29) is 5.69 Å². The SMILES string of the molecule is CCc1nn(CC)c(Cn2cccnc2=O)c1Br. The van der Waals surface area contributed by atoms with Gasteiger partial charge in [-0.05, 0) is 35.3 Å². The van der Waals surface area contributed by atoms with E-state index < -0.39 is 0 Å². The Bertz CT molecular complexity index is 602. The first kappa shape index (κ1) is 13.0. The van der Waals surface area contributed by atoms with E-state index >= 15 is 0 Å². The molecular weight excluding hydrogens is 296 g/mol. The molecule has 0 amide bonds. The van der Waals surface area contributed by atoms with Gasteiger partial charge in [0.2, 0.25) is 0 Å². The topological polar surface area (TPSA) is 52.7 Å². The van der Waals surface area contributed by atoms with Gasteiger partial charge >= 0.3 is 5.69 Å². The molecule has 2 aromatic rings. The van der Waals surface area contributed by atoms with Crippen LogP contribution in [-0.4, -0.2) is 19.3 Å². The second kappa shape index (κ2) is 5.48. The molecule has 0 spiro atoms. The van der Waals surface area contributed by atoms with Crippen molar-refractivity contribution in [1.29, 1.82) is 0 Å². The minimum Gasteiger partial charge on any atom is -0.293 e. The molecule has 0 radical (unpaired) electrons. The largest absolute Gasteiger partial charge is 0.347 e. The molecule has 2 rings (SSSR count). The number of aromatic nitrogens is 4. The number of rotatable bonds is 4. The fourth-order valence-electron chi connectivity index (χ4n) is 1.84. The zero-order valence-corrected chi connectivity index (χ0v) is 12.0. The van der Waals surface area contributed by atoms with E-state index in [0.29, 0.717) is 6.54 Å². The number of hydrogen-bond acceptors (Lipinski definition) is 3. The minimum atomic E-state index is -0.244. The Labute approximate surface area is 114 Å². The predicted octanol–water partition coefficient (Wildman–Crippen LogP) is 1.83. The highest BCUT2D eigenvalue weighted by Gasteiger charge is 2.14. The van der Waals surface area contributed by atoms with Gasteiger partial charge in [-0.15, -0.1) is 0 Å². The van der Waals surface area contributed by atoms with Gasteiger partial charge in [0, 0.05) is 18.9 Å². The van der Waals surface area contributed by atoms with E-state index in [1.165, 1.54) is 6.20 Å². The Morgan fingerprint density at radius 2 is 2.17 bits per heavy atom. The van der Waals surface area contributed by atoms with Crippen molar-refractivity contribution < 1.29 is 0 Å². The standard InChI is InChI=1S/C12H15BrN4O/c1-3-9-11(13)10(17(4-2)15-9)8-16-7-5-6-14-12(16)18/h5-7H,3-4,8H2,1-2H3. The molecule has 2 aromatic heterocycles. The van der Waals surface area contributed by atoms with Crippen LogP contribution < -0.4 is 5.69 Å². The van der Waals surface area contributed by atoms with Crippen molar-refractivity contribution in [2.45, 2.75) is 33.4 Å². The van der Waals surface area contributed by atoms with Crippen LogP contribution in [0.1, 0.15) is 25.2 Å². The second-order valence-corrected chi connectivity index (χ2v) is 4.70. The lowest BCUT2D eigenvalue weighted by Gasteiger charge is -2.07. The summed E-state index contributed by atoms with van der Waals surface area (Å²) < 4.78 is 4.48. The molecule has 0 aliphatic carbocycles. The zero-order valence-electron chi connectivity index (χ0n) is 10.4.